The standard InChI is InChI=1S/C21H24N6O3S2/c1-21(2,3)18-17(31-16-10-8-14(9-11-16)22-12-28)20-23-19(25-27(20)24-18)13-4-6-15(7-5-13)26-32(29)30/h4-12,17,20,32H,1-3H3,(H,22,28)(H,23,25)(H,26,29,30). The summed E-state index contributed by atoms with van der Waals surface area (Å²) < 4.78 is 24.0. The predicted octanol–water partition coefficient (Wildman–Crippen LogP) is 2.66. The number of nitrogens with zero attached hydrogens (tertiary/aromatic N) is 3. The van der Waals surface area contributed by atoms with Crippen molar-refractivity contribution in [3.05, 3.63) is 54.1 Å². The van der Waals surface area contributed by atoms with Gasteiger partial charge in [0.15, 0.2) is 12.0 Å². The van der Waals surface area contributed by atoms with Crippen LogP contribution < -0.4 is 15.4 Å². The van der Waals surface area contributed by atoms with E-state index in [2.05, 4.69) is 41.2 Å². The van der Waals surface area contributed by atoms with Crippen molar-refractivity contribution < 1.29 is 13.2 Å². The number of carbonyl (C=O) groups excluding carboxylic acids is 1. The number of thiol groups is 1. The van der Waals surface area contributed by atoms with Crippen molar-refractivity contribution >= 4 is 52.0 Å². The van der Waals surface area contributed by atoms with E-state index in [-0.39, 0.29) is 16.8 Å². The number of anilines is 2. The van der Waals surface area contributed by atoms with E-state index in [0.29, 0.717) is 17.9 Å². The summed E-state index contributed by atoms with van der Waals surface area (Å²) in [6.45, 7) is 6.40. The number of hydrogen-bond acceptors (Lipinski definition) is 8. The normalized spacial score (nSPS) is 19.8. The number of hydrazone groups is 2. The molecule has 0 fully saturated rings. The van der Waals surface area contributed by atoms with Gasteiger partial charge in [-0.05, 0) is 48.5 Å². The van der Waals surface area contributed by atoms with Crippen molar-refractivity contribution in [1.82, 2.24) is 10.4 Å². The smallest absolute Gasteiger partial charge is 0.222 e. The Morgan fingerprint density at radius 1 is 1.03 bits per heavy atom. The summed E-state index contributed by atoms with van der Waals surface area (Å²) in [5.74, 6) is 0.681. The Morgan fingerprint density at radius 2 is 1.69 bits per heavy atom. The number of amides is 1. The third kappa shape index (κ3) is 4.73. The molecule has 0 saturated carbocycles. The number of rotatable bonds is 7. The lowest BCUT2D eigenvalue weighted by atomic mass is 9.87. The first-order valence-electron chi connectivity index (χ1n) is 9.96. The minimum atomic E-state index is -2.70. The molecule has 2 aliphatic rings. The highest BCUT2D eigenvalue weighted by molar-refractivity contribution is 8.00. The van der Waals surface area contributed by atoms with E-state index in [1.165, 1.54) is 0 Å². The van der Waals surface area contributed by atoms with Crippen LogP contribution in [0.15, 0.2) is 63.6 Å². The first kappa shape index (κ1) is 22.2. The maximum absolute atomic E-state index is 10.8. The van der Waals surface area contributed by atoms with Gasteiger partial charge in [-0.25, -0.2) is 8.42 Å². The minimum absolute atomic E-state index is 0.0200. The number of carbonyl (C=O) groups is 1. The van der Waals surface area contributed by atoms with E-state index in [1.807, 2.05) is 36.4 Å². The fourth-order valence-corrected chi connectivity index (χ4v) is 5.24. The van der Waals surface area contributed by atoms with Gasteiger partial charge in [0.05, 0.1) is 11.0 Å². The molecular weight excluding hydrogens is 448 g/mol. The number of fused-ring (bicyclic) bond motifs is 1. The molecule has 0 bridgehead atoms. The molecule has 2 aromatic carbocycles. The average Bonchev–Trinajstić information content (AvgIpc) is 3.29. The molecule has 11 heteroatoms. The second-order valence-corrected chi connectivity index (χ2v) is 10.3. The lowest BCUT2D eigenvalue weighted by Gasteiger charge is -2.26. The summed E-state index contributed by atoms with van der Waals surface area (Å²) >= 11 is 1.69. The molecule has 4 rings (SSSR count). The summed E-state index contributed by atoms with van der Waals surface area (Å²) in [4.78, 5) is 11.7. The fourth-order valence-electron chi connectivity index (χ4n) is 3.48. The van der Waals surface area contributed by atoms with Gasteiger partial charge in [0, 0.05) is 27.2 Å². The Bertz CT molecular complexity index is 1130. The lowest BCUT2D eigenvalue weighted by molar-refractivity contribution is -0.105. The van der Waals surface area contributed by atoms with Crippen molar-refractivity contribution in [2.45, 2.75) is 37.1 Å². The molecule has 32 heavy (non-hydrogen) atoms. The van der Waals surface area contributed by atoms with Crippen molar-refractivity contribution in [3.8, 4) is 0 Å². The highest BCUT2D eigenvalue weighted by Crippen LogP contribution is 2.39. The summed E-state index contributed by atoms with van der Waals surface area (Å²) in [5.41, 5.74) is 2.98. The van der Waals surface area contributed by atoms with Gasteiger partial charge in [0.1, 0.15) is 0 Å². The predicted molar refractivity (Wildman–Crippen MR) is 128 cm³/mol. The van der Waals surface area contributed by atoms with Crippen molar-refractivity contribution in [3.63, 3.8) is 0 Å². The minimum Gasteiger partial charge on any atom is -0.344 e. The zero-order valence-electron chi connectivity index (χ0n) is 17.8. The van der Waals surface area contributed by atoms with Gasteiger partial charge in [-0.2, -0.15) is 10.2 Å². The van der Waals surface area contributed by atoms with Crippen LogP contribution in [-0.2, 0) is 15.7 Å². The highest BCUT2D eigenvalue weighted by atomic mass is 32.2. The zero-order chi connectivity index (χ0) is 22.9. The maximum atomic E-state index is 10.8. The zero-order valence-corrected chi connectivity index (χ0v) is 19.5. The number of nitrogens with one attached hydrogen (secondary N) is 3. The third-order valence-electron chi connectivity index (χ3n) is 4.99. The van der Waals surface area contributed by atoms with Gasteiger partial charge >= 0.3 is 0 Å². The van der Waals surface area contributed by atoms with E-state index in [9.17, 15) is 13.2 Å². The van der Waals surface area contributed by atoms with Gasteiger partial charge in [-0.1, -0.05) is 20.8 Å². The number of benzene rings is 2. The molecule has 2 aliphatic heterocycles. The van der Waals surface area contributed by atoms with E-state index in [4.69, 9.17) is 5.10 Å². The topological polar surface area (TPSA) is 115 Å². The molecule has 3 N–H and O–H groups in total. The van der Waals surface area contributed by atoms with Gasteiger partial charge in [-0.3, -0.25) is 9.52 Å². The molecule has 0 radical (unpaired) electrons. The van der Waals surface area contributed by atoms with E-state index < -0.39 is 10.9 Å². The molecule has 0 saturated heterocycles. The van der Waals surface area contributed by atoms with Crippen LogP contribution in [0.1, 0.15) is 26.3 Å². The Labute approximate surface area is 192 Å². The molecule has 2 unspecified atom stereocenters. The highest BCUT2D eigenvalue weighted by Gasteiger charge is 2.46. The third-order valence-corrected chi connectivity index (χ3v) is 6.71. The van der Waals surface area contributed by atoms with Crippen LogP contribution in [0.3, 0.4) is 0 Å². The number of thioether (sulfide) groups is 1. The van der Waals surface area contributed by atoms with Crippen LogP contribution >= 0.6 is 11.8 Å². The summed E-state index contributed by atoms with van der Waals surface area (Å²) in [6.07, 6.45) is 0.511. The van der Waals surface area contributed by atoms with E-state index >= 15 is 0 Å². The number of amidine groups is 1. The van der Waals surface area contributed by atoms with Crippen LogP contribution in [0.2, 0.25) is 0 Å². The lowest BCUT2D eigenvalue weighted by Crippen LogP contribution is -2.44. The molecule has 1 amide bonds. The van der Waals surface area contributed by atoms with E-state index in [0.717, 1.165) is 21.9 Å². The SMILES string of the molecule is CC(C)(C)C1=NN2N=C(c3ccc(N[SH](=O)=O)cc3)NC2C1Sc1ccc(NC=O)cc1. The van der Waals surface area contributed by atoms with E-state index in [1.54, 1.807) is 29.0 Å². The van der Waals surface area contributed by atoms with Gasteiger partial charge < -0.3 is 10.6 Å². The van der Waals surface area contributed by atoms with Crippen LogP contribution in [0.4, 0.5) is 11.4 Å². The molecule has 2 aromatic rings. The molecule has 2 heterocycles. The maximum Gasteiger partial charge on any atom is 0.222 e. The Balaban J connectivity index is 1.56. The second-order valence-electron chi connectivity index (χ2n) is 8.36. The quantitative estimate of drug-likeness (QED) is 0.364. The van der Waals surface area contributed by atoms with Gasteiger partial charge in [0.2, 0.25) is 17.3 Å². The Kier molecular flexibility index (Phi) is 6.11. The van der Waals surface area contributed by atoms with Crippen LogP contribution in [0, 0.1) is 5.41 Å². The Hall–Kier alpha value is -3.05. The summed E-state index contributed by atoms with van der Waals surface area (Å²) in [7, 11) is -2.70. The molecular formula is C21H24N6O3S2. The molecule has 0 aromatic heterocycles. The monoisotopic (exact) mass is 472 g/mol. The number of hydrogen-bond donors (Lipinski definition) is 4. The van der Waals surface area contributed by atoms with Crippen molar-refractivity contribution in [2.24, 2.45) is 15.6 Å². The van der Waals surface area contributed by atoms with Crippen molar-refractivity contribution in [1.29, 1.82) is 0 Å². The largest absolute Gasteiger partial charge is 0.344 e. The Morgan fingerprint density at radius 3 is 2.28 bits per heavy atom. The molecule has 0 aliphatic carbocycles. The summed E-state index contributed by atoms with van der Waals surface area (Å²) in [5, 5.41) is 17.3. The average molecular weight is 473 g/mol. The molecule has 0 spiro atoms. The fraction of sp³-hybridized carbons (Fsp3) is 0.286. The van der Waals surface area contributed by atoms with Crippen LogP contribution in [0.25, 0.3) is 0 Å². The van der Waals surface area contributed by atoms with Crippen molar-refractivity contribution in [2.75, 3.05) is 10.0 Å². The molecule has 9 nitrogen and oxygen atoms in total. The van der Waals surface area contributed by atoms with Gasteiger partial charge in [0.25, 0.3) is 0 Å². The summed E-state index contributed by atoms with van der Waals surface area (Å²) in [6, 6.07) is 14.7. The van der Waals surface area contributed by atoms with Crippen LogP contribution in [0.5, 0.6) is 0 Å². The second kappa shape index (κ2) is 8.83. The first-order valence-corrected chi connectivity index (χ1v) is 12.0. The first-order chi connectivity index (χ1) is 15.2. The molecule has 2 atom stereocenters. The van der Waals surface area contributed by atoms with Gasteiger partial charge in [-0.15, -0.1) is 16.9 Å². The molecule has 168 valence electrons. The van der Waals surface area contributed by atoms with Crippen LogP contribution in [-0.4, -0.2) is 42.9 Å².